The average Bonchev–Trinajstić information content (AvgIpc) is 1.52. The molecule has 0 fully saturated rings. The maximum Gasteiger partial charge on any atom is 0.164 e. The van der Waals surface area contributed by atoms with Gasteiger partial charge in [-0.15, -0.1) is 0 Å². The largest absolute Gasteiger partial charge is 0.208 e. The summed E-state index contributed by atoms with van der Waals surface area (Å²) in [6, 6.07) is 99.0. The predicted octanol–water partition coefficient (Wildman–Crippen LogP) is 19.4. The second-order valence-corrected chi connectivity index (χ2v) is 25.1. The lowest BCUT2D eigenvalue weighted by molar-refractivity contribution is 0.583. The monoisotopic (exact) mass is 1140 g/mol. The molecule has 6 heteroatoms. The molecule has 0 aliphatic heterocycles. The first-order valence-corrected chi connectivity index (χ1v) is 30.8. The number of nitrogens with zero attached hydrogens (tertiary/aromatic N) is 6. The molecule has 1 atom stereocenters. The van der Waals surface area contributed by atoms with Crippen molar-refractivity contribution in [2.75, 3.05) is 0 Å². The molecule has 1 spiro atoms. The summed E-state index contributed by atoms with van der Waals surface area (Å²) in [6.45, 7) is 7.03. The van der Waals surface area contributed by atoms with Crippen LogP contribution in [0.15, 0.2) is 273 Å². The third-order valence-electron chi connectivity index (χ3n) is 19.9. The highest BCUT2D eigenvalue weighted by Crippen LogP contribution is 2.63. The lowest BCUT2D eigenvalue weighted by Crippen LogP contribution is -2.25. The topological polar surface area (TPSA) is 77.3 Å². The van der Waals surface area contributed by atoms with Gasteiger partial charge in [-0.1, -0.05) is 269 Å². The Kier molecular flexibility index (Phi) is 11.0. The number of hydrogen-bond donors (Lipinski definition) is 0. The van der Waals surface area contributed by atoms with E-state index in [0.29, 0.717) is 34.9 Å². The van der Waals surface area contributed by atoms with Crippen LogP contribution in [0, 0.1) is 0 Å². The zero-order valence-electron chi connectivity index (χ0n) is 49.4. The summed E-state index contributed by atoms with van der Waals surface area (Å²) in [5, 5.41) is 2.31. The summed E-state index contributed by atoms with van der Waals surface area (Å²) in [4.78, 5) is 31.9. The van der Waals surface area contributed by atoms with Gasteiger partial charge in [-0.2, -0.15) is 0 Å². The van der Waals surface area contributed by atoms with Crippen molar-refractivity contribution in [3.8, 4) is 113 Å². The summed E-state index contributed by atoms with van der Waals surface area (Å²) in [5.74, 6) is 3.80. The van der Waals surface area contributed by atoms with Gasteiger partial charge in [0, 0.05) is 44.2 Å². The number of benzene rings is 12. The van der Waals surface area contributed by atoms with Gasteiger partial charge in [-0.3, -0.25) is 0 Å². The molecule has 0 radical (unpaired) electrons. The first-order chi connectivity index (χ1) is 43.7. The van der Waals surface area contributed by atoms with Gasteiger partial charge in [0.15, 0.2) is 34.9 Å². The lowest BCUT2D eigenvalue weighted by atomic mass is 9.70. The van der Waals surface area contributed by atoms with Crippen LogP contribution >= 0.6 is 0 Å². The minimum absolute atomic E-state index is 0.180. The van der Waals surface area contributed by atoms with Crippen LogP contribution in [0.2, 0.25) is 0 Å². The number of rotatable bonds is 8. The van der Waals surface area contributed by atoms with Crippen LogP contribution in [0.3, 0.4) is 0 Å². The normalized spacial score (nSPS) is 15.4. The van der Waals surface area contributed by atoms with Crippen molar-refractivity contribution in [2.45, 2.75) is 43.4 Å². The second kappa shape index (κ2) is 19.2. The van der Waals surface area contributed by atoms with Crippen LogP contribution in [0.4, 0.5) is 0 Å². The van der Waals surface area contributed by atoms with Crippen molar-refractivity contribution in [1.29, 1.82) is 0 Å². The van der Waals surface area contributed by atoms with E-state index in [1.165, 1.54) is 100.0 Å². The van der Waals surface area contributed by atoms with Crippen molar-refractivity contribution in [3.63, 3.8) is 0 Å². The van der Waals surface area contributed by atoms with E-state index in [0.717, 1.165) is 45.2 Å². The highest BCUT2D eigenvalue weighted by Gasteiger charge is 2.52. The van der Waals surface area contributed by atoms with Crippen molar-refractivity contribution in [2.24, 2.45) is 0 Å². The molecule has 418 valence electrons. The smallest absolute Gasteiger partial charge is 0.164 e. The molecule has 4 aliphatic carbocycles. The summed E-state index contributed by atoms with van der Waals surface area (Å²) < 4.78 is 0. The number of hydrogen-bond acceptors (Lipinski definition) is 6. The van der Waals surface area contributed by atoms with E-state index in [1.54, 1.807) is 0 Å². The standard InChI is InChI=1S/C83H56N6/c1-81(2)67-28-14-9-23-59(67)64-42-39-56(46-72(64)81)78-87-77(55-38-37-51-19-7-8-22-54(51)45-55)88-79(89-78)57-40-43-65-60-24-10-15-29-68(60)82(3,73(65)47-57)49-50-33-35-53(36-34-50)76-84-75(52-20-5-4-6-21-52)85-80(86-76)58-41-44-66-63-27-13-18-32-71(63)83(74(66)48-58)69-30-16-11-25-61(69)62-26-12-17-31-70(62)83/h4-48H,49H2,1-3H3. The Labute approximate surface area is 517 Å². The van der Waals surface area contributed by atoms with Crippen molar-refractivity contribution in [1.82, 2.24) is 29.9 Å². The molecular weight excluding hydrogens is 1080 g/mol. The lowest BCUT2D eigenvalue weighted by Gasteiger charge is -2.30. The molecule has 0 saturated heterocycles. The SMILES string of the molecule is CC1(C)c2ccccc2-c2ccc(-c3nc(-c4ccc5c(c4)C(C)(Cc4ccc(-c6nc(-c7ccccc7)nc(-c7ccc8c(c7)C7(c9ccccc9-c9ccccc97)c7ccccc7-8)n6)cc4)c4ccccc4-5)nc(-c4ccc5ccccc5c4)n3)cc21. The zero-order chi connectivity index (χ0) is 59.2. The molecule has 0 bridgehead atoms. The van der Waals surface area contributed by atoms with Gasteiger partial charge in [0.1, 0.15) is 0 Å². The van der Waals surface area contributed by atoms with Gasteiger partial charge in [0.25, 0.3) is 0 Å². The average molecular weight is 1140 g/mol. The molecule has 0 saturated carbocycles. The van der Waals surface area contributed by atoms with E-state index in [1.807, 2.05) is 18.2 Å². The molecule has 0 amide bonds. The zero-order valence-corrected chi connectivity index (χ0v) is 49.4. The Hall–Kier alpha value is -11.1. The van der Waals surface area contributed by atoms with Gasteiger partial charge in [0.2, 0.25) is 0 Å². The number of aromatic nitrogens is 6. The third-order valence-corrected chi connectivity index (χ3v) is 19.9. The molecular formula is C83H56N6. The van der Waals surface area contributed by atoms with E-state index in [9.17, 15) is 0 Å². The predicted molar refractivity (Wildman–Crippen MR) is 359 cm³/mol. The second-order valence-electron chi connectivity index (χ2n) is 25.1. The van der Waals surface area contributed by atoms with Crippen molar-refractivity contribution < 1.29 is 0 Å². The molecule has 14 aromatic rings. The maximum absolute atomic E-state index is 5.40. The van der Waals surface area contributed by atoms with Gasteiger partial charge in [-0.25, -0.2) is 29.9 Å². The summed E-state index contributed by atoms with van der Waals surface area (Å²) in [5.41, 5.74) is 26.1. The summed E-state index contributed by atoms with van der Waals surface area (Å²) >= 11 is 0. The quantitative estimate of drug-likeness (QED) is 0.151. The molecule has 0 N–H and O–H groups in total. The van der Waals surface area contributed by atoms with Crippen molar-refractivity contribution in [3.05, 3.63) is 323 Å². The minimum Gasteiger partial charge on any atom is -0.208 e. The first-order valence-electron chi connectivity index (χ1n) is 30.8. The molecule has 18 rings (SSSR count). The Morgan fingerprint density at radius 2 is 0.573 bits per heavy atom. The van der Waals surface area contributed by atoms with Crippen LogP contribution in [-0.2, 0) is 22.7 Å². The third kappa shape index (κ3) is 7.63. The summed E-state index contributed by atoms with van der Waals surface area (Å²) in [6.07, 6.45) is 0.752. The fraction of sp³-hybridized carbons (Fsp3) is 0.0843. The van der Waals surface area contributed by atoms with E-state index in [4.69, 9.17) is 29.9 Å². The Balaban J connectivity index is 0.723. The number of fused-ring (bicyclic) bond motifs is 17. The van der Waals surface area contributed by atoms with Crippen LogP contribution < -0.4 is 0 Å². The van der Waals surface area contributed by atoms with Crippen molar-refractivity contribution >= 4 is 10.8 Å². The fourth-order valence-electron chi connectivity index (χ4n) is 15.6. The van der Waals surface area contributed by atoms with Crippen LogP contribution in [0.5, 0.6) is 0 Å². The molecule has 12 aromatic carbocycles. The van der Waals surface area contributed by atoms with E-state index >= 15 is 0 Å². The molecule has 2 heterocycles. The fourth-order valence-corrected chi connectivity index (χ4v) is 15.6. The molecule has 6 nitrogen and oxygen atoms in total. The van der Waals surface area contributed by atoms with E-state index in [-0.39, 0.29) is 5.41 Å². The summed E-state index contributed by atoms with van der Waals surface area (Å²) in [7, 11) is 0. The van der Waals surface area contributed by atoms with Gasteiger partial charge in [-0.05, 0) is 136 Å². The van der Waals surface area contributed by atoms with E-state index in [2.05, 4.69) is 276 Å². The van der Waals surface area contributed by atoms with Gasteiger partial charge >= 0.3 is 0 Å². The van der Waals surface area contributed by atoms with Crippen LogP contribution in [0.25, 0.3) is 124 Å². The highest BCUT2D eigenvalue weighted by atomic mass is 15.0. The van der Waals surface area contributed by atoms with Gasteiger partial charge in [0.05, 0.1) is 5.41 Å². The molecule has 4 aliphatic rings. The van der Waals surface area contributed by atoms with Crippen LogP contribution in [0.1, 0.15) is 70.8 Å². The molecule has 1 unspecified atom stereocenters. The molecule has 2 aromatic heterocycles. The first kappa shape index (κ1) is 51.2. The van der Waals surface area contributed by atoms with E-state index < -0.39 is 10.8 Å². The molecule has 89 heavy (non-hydrogen) atoms. The Bertz CT molecular complexity index is 5230. The minimum atomic E-state index is -0.491. The maximum atomic E-state index is 5.40. The Morgan fingerprint density at radius 1 is 0.236 bits per heavy atom. The highest BCUT2D eigenvalue weighted by molar-refractivity contribution is 5.96. The van der Waals surface area contributed by atoms with Crippen LogP contribution in [-0.4, -0.2) is 29.9 Å². The van der Waals surface area contributed by atoms with Gasteiger partial charge < -0.3 is 0 Å². The Morgan fingerprint density at radius 3 is 1.11 bits per heavy atom.